The third kappa shape index (κ3) is 3.37. The van der Waals surface area contributed by atoms with E-state index in [1.54, 1.807) is 15.6 Å². The van der Waals surface area contributed by atoms with Gasteiger partial charge >= 0.3 is 6.18 Å². The van der Waals surface area contributed by atoms with Crippen molar-refractivity contribution in [2.24, 2.45) is 0 Å². The van der Waals surface area contributed by atoms with Crippen molar-refractivity contribution in [2.75, 3.05) is 13.1 Å². The number of nitrogens with zero attached hydrogens (tertiary/aromatic N) is 8. The number of rotatable bonds is 2. The van der Waals surface area contributed by atoms with Gasteiger partial charge < -0.3 is 4.90 Å². The molecule has 0 radical (unpaired) electrons. The number of alkyl halides is 3. The quantitative estimate of drug-likeness (QED) is 0.485. The lowest BCUT2D eigenvalue weighted by atomic mass is 9.94. The predicted molar refractivity (Wildman–Crippen MR) is 101 cm³/mol. The molecule has 1 saturated heterocycles. The Bertz CT molecular complexity index is 1290. The SMILES string of the molecule is Cc1cc(C(F)(F)F)n2nc(C(=O)N3CCCC(c4ccnc5ncnn45)C3)cc2n1. The highest BCUT2D eigenvalue weighted by Crippen LogP contribution is 2.31. The number of carbonyl (C=O) groups excluding carboxylic acids is 1. The van der Waals surface area contributed by atoms with Crippen molar-refractivity contribution in [3.05, 3.63) is 53.5 Å². The van der Waals surface area contributed by atoms with Crippen molar-refractivity contribution in [3.8, 4) is 0 Å². The van der Waals surface area contributed by atoms with Crippen LogP contribution in [0.3, 0.4) is 0 Å². The Hall–Kier alpha value is -3.57. The van der Waals surface area contributed by atoms with Crippen LogP contribution in [0.2, 0.25) is 0 Å². The summed E-state index contributed by atoms with van der Waals surface area (Å²) in [6, 6.07) is 4.06. The Morgan fingerprint density at radius 2 is 2.03 bits per heavy atom. The number of hydrogen-bond acceptors (Lipinski definition) is 6. The third-order valence-electron chi connectivity index (χ3n) is 5.40. The zero-order chi connectivity index (χ0) is 21.8. The second kappa shape index (κ2) is 7.00. The molecule has 4 aromatic heterocycles. The van der Waals surface area contributed by atoms with Crippen LogP contribution in [0.25, 0.3) is 11.4 Å². The van der Waals surface area contributed by atoms with Gasteiger partial charge in [-0.1, -0.05) is 0 Å². The molecule has 1 fully saturated rings. The fourth-order valence-corrected chi connectivity index (χ4v) is 4.04. The molecular weight excluding hydrogens is 413 g/mol. The van der Waals surface area contributed by atoms with Crippen LogP contribution >= 0.6 is 0 Å². The minimum Gasteiger partial charge on any atom is -0.337 e. The molecule has 0 saturated carbocycles. The average molecular weight is 430 g/mol. The van der Waals surface area contributed by atoms with E-state index >= 15 is 0 Å². The number of carbonyl (C=O) groups is 1. The van der Waals surface area contributed by atoms with E-state index in [4.69, 9.17) is 0 Å². The van der Waals surface area contributed by atoms with Gasteiger partial charge in [0.15, 0.2) is 11.3 Å². The Labute approximate surface area is 173 Å². The molecule has 0 N–H and O–H groups in total. The van der Waals surface area contributed by atoms with Crippen LogP contribution in [-0.4, -0.2) is 58.1 Å². The number of amides is 1. The minimum atomic E-state index is -4.61. The second-order valence-corrected chi connectivity index (χ2v) is 7.51. The standard InChI is InChI=1S/C19H17F3N8O/c1-11-7-15(19(20,21)22)30-16(26-11)8-13(27-30)17(31)28-6-2-3-12(9-28)14-4-5-23-18-24-10-25-29(14)18/h4-5,7-8,10,12H,2-3,6,9H2,1H3. The largest absolute Gasteiger partial charge is 0.433 e. The molecule has 0 aromatic carbocycles. The van der Waals surface area contributed by atoms with E-state index in [0.29, 0.717) is 23.4 Å². The summed E-state index contributed by atoms with van der Waals surface area (Å²) in [6.07, 6.45) is 0.0374. The molecule has 160 valence electrons. The Balaban J connectivity index is 1.46. The normalized spacial score (nSPS) is 17.5. The molecule has 31 heavy (non-hydrogen) atoms. The lowest BCUT2D eigenvalue weighted by Gasteiger charge is -2.32. The molecule has 5 rings (SSSR count). The second-order valence-electron chi connectivity index (χ2n) is 7.51. The monoisotopic (exact) mass is 430 g/mol. The van der Waals surface area contributed by atoms with Crippen molar-refractivity contribution >= 4 is 17.3 Å². The predicted octanol–water partition coefficient (Wildman–Crippen LogP) is 2.51. The van der Waals surface area contributed by atoms with E-state index in [2.05, 4.69) is 25.1 Å². The van der Waals surface area contributed by atoms with Gasteiger partial charge in [0, 0.05) is 37.0 Å². The number of likely N-dealkylation sites (tertiary alicyclic amines) is 1. The fraction of sp³-hybridized carbons (Fsp3) is 0.368. The molecule has 1 aliphatic rings. The van der Waals surface area contributed by atoms with Gasteiger partial charge in [-0.25, -0.2) is 19.0 Å². The van der Waals surface area contributed by atoms with Crippen LogP contribution in [0.4, 0.5) is 13.2 Å². The Morgan fingerprint density at radius 1 is 1.19 bits per heavy atom. The molecule has 4 aromatic rings. The summed E-state index contributed by atoms with van der Waals surface area (Å²) < 4.78 is 42.5. The van der Waals surface area contributed by atoms with Gasteiger partial charge in [0.2, 0.25) is 0 Å². The van der Waals surface area contributed by atoms with Crippen molar-refractivity contribution < 1.29 is 18.0 Å². The first kappa shape index (κ1) is 19.4. The Morgan fingerprint density at radius 3 is 2.84 bits per heavy atom. The van der Waals surface area contributed by atoms with Crippen LogP contribution in [0.1, 0.15) is 46.3 Å². The maximum atomic E-state index is 13.4. The molecule has 1 amide bonds. The smallest absolute Gasteiger partial charge is 0.337 e. The van der Waals surface area contributed by atoms with E-state index in [-0.39, 0.29) is 23.0 Å². The molecule has 1 aliphatic heterocycles. The summed E-state index contributed by atoms with van der Waals surface area (Å²) in [5, 5.41) is 8.14. The fourth-order valence-electron chi connectivity index (χ4n) is 4.04. The van der Waals surface area contributed by atoms with Crippen LogP contribution in [-0.2, 0) is 6.18 Å². The minimum absolute atomic E-state index is 0.00645. The van der Waals surface area contributed by atoms with Gasteiger partial charge in [-0.2, -0.15) is 28.4 Å². The highest BCUT2D eigenvalue weighted by Gasteiger charge is 2.36. The maximum Gasteiger partial charge on any atom is 0.433 e. The van der Waals surface area contributed by atoms with Gasteiger partial charge in [-0.05, 0) is 31.9 Å². The van der Waals surface area contributed by atoms with Crippen molar-refractivity contribution in [3.63, 3.8) is 0 Å². The molecule has 5 heterocycles. The lowest BCUT2D eigenvalue weighted by Crippen LogP contribution is -2.39. The van der Waals surface area contributed by atoms with Crippen molar-refractivity contribution in [1.82, 2.24) is 39.1 Å². The first-order chi connectivity index (χ1) is 14.8. The number of aromatic nitrogens is 7. The maximum absolute atomic E-state index is 13.4. The molecule has 9 nitrogen and oxygen atoms in total. The van der Waals surface area contributed by atoms with E-state index in [0.717, 1.165) is 24.6 Å². The van der Waals surface area contributed by atoms with Gasteiger partial charge in [0.1, 0.15) is 12.0 Å². The zero-order valence-electron chi connectivity index (χ0n) is 16.4. The molecular formula is C19H17F3N8O. The number of piperidine rings is 1. The first-order valence-corrected chi connectivity index (χ1v) is 9.70. The molecule has 0 bridgehead atoms. The van der Waals surface area contributed by atoms with Gasteiger partial charge in [0.25, 0.3) is 11.7 Å². The summed E-state index contributed by atoms with van der Waals surface area (Å²) >= 11 is 0. The van der Waals surface area contributed by atoms with E-state index in [1.165, 1.54) is 19.3 Å². The van der Waals surface area contributed by atoms with E-state index in [1.807, 2.05) is 6.07 Å². The van der Waals surface area contributed by atoms with Crippen LogP contribution in [0, 0.1) is 6.92 Å². The number of aryl methyl sites for hydroxylation is 1. The summed E-state index contributed by atoms with van der Waals surface area (Å²) in [5.41, 5.74) is 0.0430. The van der Waals surface area contributed by atoms with E-state index in [9.17, 15) is 18.0 Å². The molecule has 0 aliphatic carbocycles. The van der Waals surface area contributed by atoms with Crippen LogP contribution in [0.15, 0.2) is 30.7 Å². The average Bonchev–Trinajstić information content (AvgIpc) is 3.38. The van der Waals surface area contributed by atoms with Gasteiger partial charge in [-0.3, -0.25) is 4.79 Å². The Kier molecular flexibility index (Phi) is 4.38. The van der Waals surface area contributed by atoms with Crippen LogP contribution in [0.5, 0.6) is 0 Å². The summed E-state index contributed by atoms with van der Waals surface area (Å²) in [5.74, 6) is 0.0420. The molecule has 12 heteroatoms. The summed E-state index contributed by atoms with van der Waals surface area (Å²) in [4.78, 5) is 27.0. The summed E-state index contributed by atoms with van der Waals surface area (Å²) in [7, 11) is 0. The van der Waals surface area contributed by atoms with E-state index < -0.39 is 17.8 Å². The summed E-state index contributed by atoms with van der Waals surface area (Å²) in [6.45, 7) is 2.36. The zero-order valence-corrected chi connectivity index (χ0v) is 16.4. The highest BCUT2D eigenvalue weighted by atomic mass is 19.4. The highest BCUT2D eigenvalue weighted by molar-refractivity contribution is 5.93. The lowest BCUT2D eigenvalue weighted by molar-refractivity contribution is -0.142. The number of hydrogen-bond donors (Lipinski definition) is 0. The third-order valence-corrected chi connectivity index (χ3v) is 5.40. The van der Waals surface area contributed by atoms with Crippen molar-refractivity contribution in [1.29, 1.82) is 0 Å². The molecule has 1 atom stereocenters. The molecule has 0 spiro atoms. The van der Waals surface area contributed by atoms with Crippen LogP contribution < -0.4 is 0 Å². The number of halogens is 3. The van der Waals surface area contributed by atoms with Gasteiger partial charge in [0.05, 0.1) is 5.69 Å². The topological polar surface area (TPSA) is 93.6 Å². The molecule has 1 unspecified atom stereocenters. The number of fused-ring (bicyclic) bond motifs is 2. The van der Waals surface area contributed by atoms with Crippen molar-refractivity contribution in [2.45, 2.75) is 31.9 Å². The first-order valence-electron chi connectivity index (χ1n) is 9.70. The van der Waals surface area contributed by atoms with Gasteiger partial charge in [-0.15, -0.1) is 0 Å².